The Bertz CT molecular complexity index is 1140. The lowest BCUT2D eigenvalue weighted by atomic mass is 10.1. The summed E-state index contributed by atoms with van der Waals surface area (Å²) in [6, 6.07) is 14.3. The molecule has 31 heavy (non-hydrogen) atoms. The number of esters is 1. The van der Waals surface area contributed by atoms with Gasteiger partial charge in [-0.25, -0.2) is 4.79 Å². The summed E-state index contributed by atoms with van der Waals surface area (Å²) < 4.78 is 10.9. The number of carbonyl (C=O) groups is 3. The van der Waals surface area contributed by atoms with E-state index >= 15 is 0 Å². The van der Waals surface area contributed by atoms with Gasteiger partial charge in [0.25, 0.3) is 11.8 Å². The average molecular weight is 439 g/mol. The maximum atomic E-state index is 12.6. The van der Waals surface area contributed by atoms with Crippen LogP contribution in [0.2, 0.25) is 0 Å². The molecule has 1 heterocycles. The first-order chi connectivity index (χ1) is 15.1. The Hall–Kier alpha value is -3.26. The third kappa shape index (κ3) is 4.91. The van der Waals surface area contributed by atoms with Gasteiger partial charge in [-0.3, -0.25) is 9.59 Å². The number of fused-ring (bicyclic) bond motifs is 1. The number of thioether (sulfide) groups is 1. The lowest BCUT2D eigenvalue weighted by Crippen LogP contribution is -2.28. The molecule has 0 radical (unpaired) electrons. The van der Waals surface area contributed by atoms with Crippen molar-refractivity contribution in [1.82, 2.24) is 5.32 Å². The highest BCUT2D eigenvalue weighted by molar-refractivity contribution is 7.97. The summed E-state index contributed by atoms with van der Waals surface area (Å²) in [5, 5.41) is 6.39. The van der Waals surface area contributed by atoms with E-state index in [0.717, 1.165) is 23.8 Å². The highest BCUT2D eigenvalue weighted by Gasteiger charge is 2.25. The molecule has 2 amide bonds. The van der Waals surface area contributed by atoms with Crippen LogP contribution in [0.15, 0.2) is 52.9 Å². The van der Waals surface area contributed by atoms with Gasteiger partial charge in [-0.15, -0.1) is 0 Å². The van der Waals surface area contributed by atoms with Crippen molar-refractivity contribution in [2.75, 3.05) is 18.2 Å². The van der Waals surface area contributed by atoms with Crippen LogP contribution >= 0.6 is 11.8 Å². The third-order valence-corrected chi connectivity index (χ3v) is 5.44. The molecule has 2 aromatic carbocycles. The number of ether oxygens (including phenoxy) is 1. The summed E-state index contributed by atoms with van der Waals surface area (Å²) in [6.07, 6.45) is 3.87. The Morgan fingerprint density at radius 3 is 2.61 bits per heavy atom. The van der Waals surface area contributed by atoms with Crippen molar-refractivity contribution < 1.29 is 23.5 Å². The zero-order valence-electron chi connectivity index (χ0n) is 17.0. The molecule has 1 aromatic heterocycles. The number of amides is 2. The molecule has 0 atom stereocenters. The van der Waals surface area contributed by atoms with Gasteiger partial charge in [-0.2, -0.15) is 11.8 Å². The molecule has 1 aliphatic rings. The number of hydrogen-bond acceptors (Lipinski definition) is 6. The topological polar surface area (TPSA) is 97.6 Å². The van der Waals surface area contributed by atoms with Gasteiger partial charge in [0.1, 0.15) is 5.58 Å². The van der Waals surface area contributed by atoms with Crippen molar-refractivity contribution in [3.05, 3.63) is 65.4 Å². The van der Waals surface area contributed by atoms with Crippen molar-refractivity contribution in [3.63, 3.8) is 0 Å². The first kappa shape index (κ1) is 21.0. The summed E-state index contributed by atoms with van der Waals surface area (Å²) in [5.74, 6) is -0.790. The molecule has 1 fully saturated rings. The van der Waals surface area contributed by atoms with Gasteiger partial charge in [0.05, 0.1) is 11.3 Å². The van der Waals surface area contributed by atoms with E-state index in [1.165, 1.54) is 0 Å². The van der Waals surface area contributed by atoms with E-state index in [4.69, 9.17) is 9.15 Å². The monoisotopic (exact) mass is 438 g/mol. The molecular weight excluding hydrogens is 416 g/mol. The van der Waals surface area contributed by atoms with E-state index in [9.17, 15) is 14.4 Å². The zero-order chi connectivity index (χ0) is 21.8. The summed E-state index contributed by atoms with van der Waals surface area (Å²) in [5.41, 5.74) is 2.08. The van der Waals surface area contributed by atoms with Crippen molar-refractivity contribution in [1.29, 1.82) is 0 Å². The second-order valence-corrected chi connectivity index (χ2v) is 8.12. The predicted octanol–water partition coefficient (Wildman–Crippen LogP) is 3.98. The van der Waals surface area contributed by atoms with Gasteiger partial charge in [0, 0.05) is 22.7 Å². The summed E-state index contributed by atoms with van der Waals surface area (Å²) >= 11 is 1.56. The molecule has 4 rings (SSSR count). The fourth-order valence-electron chi connectivity index (χ4n) is 3.22. The van der Waals surface area contributed by atoms with E-state index in [1.54, 1.807) is 42.1 Å². The Balaban J connectivity index is 1.42. The Morgan fingerprint density at radius 2 is 1.84 bits per heavy atom. The second kappa shape index (κ2) is 9.26. The largest absolute Gasteiger partial charge is 0.450 e. The van der Waals surface area contributed by atoms with E-state index in [2.05, 4.69) is 10.6 Å². The second-order valence-electron chi connectivity index (χ2n) is 7.26. The standard InChI is InChI=1S/C23H22N2O5S/c1-31-13-17-15-6-3-5-9-19(15)30-21(17)23(28)29-12-20(26)25-18-8-4-2-7-16(18)22(27)24-14-10-11-14/h2-9,14H,10-13H2,1H3,(H,24,27)(H,25,26). The minimum Gasteiger partial charge on any atom is -0.450 e. The molecule has 0 aliphatic heterocycles. The Morgan fingerprint density at radius 1 is 1.10 bits per heavy atom. The quantitative estimate of drug-likeness (QED) is 0.516. The zero-order valence-corrected chi connectivity index (χ0v) is 17.8. The Labute approximate surface area is 183 Å². The first-order valence-corrected chi connectivity index (χ1v) is 11.3. The molecule has 0 unspecified atom stereocenters. The smallest absolute Gasteiger partial charge is 0.375 e. The van der Waals surface area contributed by atoms with Gasteiger partial charge in [-0.05, 0) is 37.3 Å². The van der Waals surface area contributed by atoms with Crippen molar-refractivity contribution >= 4 is 46.2 Å². The normalized spacial score (nSPS) is 13.1. The number of benzene rings is 2. The van der Waals surface area contributed by atoms with Crippen molar-refractivity contribution in [2.24, 2.45) is 0 Å². The van der Waals surface area contributed by atoms with E-state index in [1.807, 2.05) is 24.5 Å². The van der Waals surface area contributed by atoms with Gasteiger partial charge in [0.2, 0.25) is 5.76 Å². The van der Waals surface area contributed by atoms with Gasteiger partial charge in [0.15, 0.2) is 6.61 Å². The van der Waals surface area contributed by atoms with Crippen LogP contribution in [0.1, 0.15) is 39.3 Å². The number of rotatable bonds is 8. The summed E-state index contributed by atoms with van der Waals surface area (Å²) in [6.45, 7) is -0.493. The van der Waals surface area contributed by atoms with E-state index < -0.39 is 18.5 Å². The van der Waals surface area contributed by atoms with Crippen LogP contribution in [0, 0.1) is 0 Å². The third-order valence-electron chi connectivity index (χ3n) is 4.87. The molecule has 0 spiro atoms. The average Bonchev–Trinajstić information content (AvgIpc) is 3.51. The number of hydrogen-bond donors (Lipinski definition) is 2. The first-order valence-electron chi connectivity index (χ1n) is 9.93. The number of furan rings is 1. The number of nitrogens with one attached hydrogen (secondary N) is 2. The molecule has 3 aromatic rings. The van der Waals surface area contributed by atoms with Crippen LogP contribution in [-0.2, 0) is 15.3 Å². The molecule has 1 saturated carbocycles. The fraction of sp³-hybridized carbons (Fsp3) is 0.261. The molecule has 2 N–H and O–H groups in total. The summed E-state index contributed by atoms with van der Waals surface area (Å²) in [7, 11) is 0. The number of anilines is 1. The highest BCUT2D eigenvalue weighted by Crippen LogP contribution is 2.29. The van der Waals surface area contributed by atoms with Crippen LogP contribution in [0.3, 0.4) is 0 Å². The number of carbonyl (C=O) groups excluding carboxylic acids is 3. The maximum absolute atomic E-state index is 12.6. The molecule has 8 heteroatoms. The maximum Gasteiger partial charge on any atom is 0.375 e. The SMILES string of the molecule is CSCc1c(C(=O)OCC(=O)Nc2ccccc2C(=O)NC2CC2)oc2ccccc12. The lowest BCUT2D eigenvalue weighted by molar-refractivity contribution is -0.119. The van der Waals surface area contributed by atoms with Gasteiger partial charge < -0.3 is 19.8 Å². The lowest BCUT2D eigenvalue weighted by Gasteiger charge is -2.11. The molecule has 0 bridgehead atoms. The van der Waals surface area contributed by atoms with Crippen LogP contribution in [-0.4, -0.2) is 36.7 Å². The van der Waals surface area contributed by atoms with Crippen LogP contribution in [0.5, 0.6) is 0 Å². The summed E-state index contributed by atoms with van der Waals surface area (Å²) in [4.78, 5) is 37.4. The van der Waals surface area contributed by atoms with Crippen LogP contribution < -0.4 is 10.6 Å². The minimum atomic E-state index is -0.699. The molecular formula is C23H22N2O5S. The van der Waals surface area contributed by atoms with Crippen molar-refractivity contribution in [3.8, 4) is 0 Å². The van der Waals surface area contributed by atoms with Gasteiger partial charge in [-0.1, -0.05) is 30.3 Å². The minimum absolute atomic E-state index is 0.104. The van der Waals surface area contributed by atoms with E-state index in [-0.39, 0.29) is 17.7 Å². The Kier molecular flexibility index (Phi) is 6.27. The molecule has 0 saturated heterocycles. The predicted molar refractivity (Wildman–Crippen MR) is 119 cm³/mol. The van der Waals surface area contributed by atoms with Crippen molar-refractivity contribution in [2.45, 2.75) is 24.6 Å². The van der Waals surface area contributed by atoms with Crippen LogP contribution in [0.25, 0.3) is 11.0 Å². The fourth-order valence-corrected chi connectivity index (χ4v) is 3.79. The molecule has 7 nitrogen and oxygen atoms in total. The molecule has 160 valence electrons. The molecule has 1 aliphatic carbocycles. The number of para-hydroxylation sites is 2. The van der Waals surface area contributed by atoms with Gasteiger partial charge >= 0.3 is 5.97 Å². The highest BCUT2D eigenvalue weighted by atomic mass is 32.2. The van der Waals surface area contributed by atoms with E-state index in [0.29, 0.717) is 22.6 Å². The van der Waals surface area contributed by atoms with Crippen LogP contribution in [0.4, 0.5) is 5.69 Å².